The highest BCUT2D eigenvalue weighted by atomic mass is 32.2. The fourth-order valence-electron chi connectivity index (χ4n) is 3.19. The van der Waals surface area contributed by atoms with Gasteiger partial charge < -0.3 is 5.32 Å². The molecule has 0 aromatic heterocycles. The summed E-state index contributed by atoms with van der Waals surface area (Å²) in [4.78, 5) is 4.75. The van der Waals surface area contributed by atoms with E-state index in [9.17, 15) is 0 Å². The van der Waals surface area contributed by atoms with Crippen molar-refractivity contribution < 1.29 is 0 Å². The summed E-state index contributed by atoms with van der Waals surface area (Å²) in [6, 6.07) is 11.3. The molecule has 1 atom stereocenters. The fraction of sp³-hybridized carbons (Fsp3) is 0.588. The van der Waals surface area contributed by atoms with E-state index in [1.54, 1.807) is 0 Å². The quantitative estimate of drug-likeness (QED) is 0.889. The van der Waals surface area contributed by atoms with E-state index in [0.717, 1.165) is 24.6 Å². The molecule has 108 valence electrons. The van der Waals surface area contributed by atoms with Crippen molar-refractivity contribution in [3.63, 3.8) is 0 Å². The second-order valence-corrected chi connectivity index (χ2v) is 6.98. The molecule has 3 rings (SSSR count). The first-order valence-electron chi connectivity index (χ1n) is 7.88. The smallest absolute Gasteiger partial charge is 0.156 e. The van der Waals surface area contributed by atoms with Gasteiger partial charge in [0.15, 0.2) is 5.17 Å². The van der Waals surface area contributed by atoms with Crippen molar-refractivity contribution in [1.82, 2.24) is 5.32 Å². The Morgan fingerprint density at radius 3 is 2.75 bits per heavy atom. The predicted molar refractivity (Wildman–Crippen MR) is 88.4 cm³/mol. The average Bonchev–Trinajstić information content (AvgIpc) is 3.12. The number of hydrogen-bond donors (Lipinski definition) is 1. The zero-order valence-electron chi connectivity index (χ0n) is 12.1. The van der Waals surface area contributed by atoms with Crippen LogP contribution in [-0.4, -0.2) is 23.5 Å². The molecule has 1 saturated heterocycles. The minimum absolute atomic E-state index is 0.549. The molecule has 1 aromatic rings. The topological polar surface area (TPSA) is 24.4 Å². The Kier molecular flexibility index (Phi) is 5.01. The molecular weight excluding hydrogens is 264 g/mol. The van der Waals surface area contributed by atoms with Crippen LogP contribution in [0.2, 0.25) is 0 Å². The van der Waals surface area contributed by atoms with E-state index in [0.29, 0.717) is 6.04 Å². The van der Waals surface area contributed by atoms with Gasteiger partial charge in [-0.25, -0.2) is 0 Å². The maximum absolute atomic E-state index is 4.75. The van der Waals surface area contributed by atoms with Crippen LogP contribution >= 0.6 is 11.8 Å². The maximum Gasteiger partial charge on any atom is 0.156 e. The zero-order valence-corrected chi connectivity index (χ0v) is 12.9. The minimum Gasteiger partial charge on any atom is -0.361 e. The number of thioether (sulfide) groups is 1. The number of nitrogens with one attached hydrogen (secondary N) is 1. The molecule has 0 radical (unpaired) electrons. The molecular formula is C17H24N2S. The van der Waals surface area contributed by atoms with Crippen molar-refractivity contribution >= 4 is 16.9 Å². The van der Waals surface area contributed by atoms with Crippen LogP contribution in [0.1, 0.15) is 37.7 Å². The van der Waals surface area contributed by atoms with Gasteiger partial charge in [0.05, 0.1) is 0 Å². The zero-order chi connectivity index (χ0) is 13.6. The highest BCUT2D eigenvalue weighted by Gasteiger charge is 2.20. The highest BCUT2D eigenvalue weighted by Crippen LogP contribution is 2.27. The molecule has 3 heteroatoms. The summed E-state index contributed by atoms with van der Waals surface area (Å²) in [7, 11) is 0. The molecule has 2 fully saturated rings. The minimum atomic E-state index is 0.549. The molecule has 20 heavy (non-hydrogen) atoms. The molecule has 0 spiro atoms. The Balaban J connectivity index is 1.42. The molecule has 1 unspecified atom stereocenters. The van der Waals surface area contributed by atoms with Crippen LogP contribution in [0.15, 0.2) is 35.3 Å². The Morgan fingerprint density at radius 1 is 1.15 bits per heavy atom. The van der Waals surface area contributed by atoms with E-state index in [-0.39, 0.29) is 0 Å². The number of hydrogen-bond acceptors (Lipinski definition) is 2. The Labute approximate surface area is 126 Å². The lowest BCUT2D eigenvalue weighted by molar-refractivity contribution is 0.511. The van der Waals surface area contributed by atoms with Gasteiger partial charge in [-0.05, 0) is 24.3 Å². The molecule has 0 amide bonds. The number of benzene rings is 1. The van der Waals surface area contributed by atoms with Gasteiger partial charge in [0.1, 0.15) is 0 Å². The third kappa shape index (κ3) is 4.02. The largest absolute Gasteiger partial charge is 0.361 e. The summed E-state index contributed by atoms with van der Waals surface area (Å²) in [5.41, 5.74) is 1.41. The van der Waals surface area contributed by atoms with Crippen molar-refractivity contribution in [1.29, 1.82) is 0 Å². The van der Waals surface area contributed by atoms with Gasteiger partial charge in [0.25, 0.3) is 0 Å². The second-order valence-electron chi connectivity index (χ2n) is 5.97. The molecule has 1 aromatic carbocycles. The van der Waals surface area contributed by atoms with E-state index in [1.807, 2.05) is 11.8 Å². The van der Waals surface area contributed by atoms with Gasteiger partial charge in [-0.1, -0.05) is 67.8 Å². The van der Waals surface area contributed by atoms with Crippen molar-refractivity contribution in [2.75, 3.05) is 12.3 Å². The van der Waals surface area contributed by atoms with E-state index in [1.165, 1.54) is 42.8 Å². The molecule has 0 bridgehead atoms. The summed E-state index contributed by atoms with van der Waals surface area (Å²) < 4.78 is 0. The number of amidine groups is 1. The van der Waals surface area contributed by atoms with Crippen molar-refractivity contribution in [3.8, 4) is 0 Å². The van der Waals surface area contributed by atoms with Gasteiger partial charge in [-0.2, -0.15) is 0 Å². The Hall–Kier alpha value is -0.960. The highest BCUT2D eigenvalue weighted by molar-refractivity contribution is 8.14. The lowest BCUT2D eigenvalue weighted by atomic mass is 10.0. The van der Waals surface area contributed by atoms with Crippen molar-refractivity contribution in [2.45, 2.75) is 44.6 Å². The Bertz CT molecular complexity index is 438. The van der Waals surface area contributed by atoms with Gasteiger partial charge in [0.2, 0.25) is 0 Å². The van der Waals surface area contributed by atoms with Gasteiger partial charge >= 0.3 is 0 Å². The predicted octanol–water partition coefficient (Wildman–Crippen LogP) is 3.87. The SMILES string of the molecule is c1ccc(CC2CSC(=NCCC3CCCC3)N2)cc1. The lowest BCUT2D eigenvalue weighted by Gasteiger charge is -2.10. The van der Waals surface area contributed by atoms with E-state index < -0.39 is 0 Å². The second kappa shape index (κ2) is 7.16. The number of aliphatic imine (C=N–C) groups is 1. The molecule has 2 aliphatic rings. The van der Waals surface area contributed by atoms with E-state index in [2.05, 4.69) is 35.6 Å². The average molecular weight is 288 g/mol. The normalized spacial score (nSPS) is 25.2. The third-order valence-electron chi connectivity index (χ3n) is 4.34. The maximum atomic E-state index is 4.75. The van der Waals surface area contributed by atoms with Crippen LogP contribution in [0.4, 0.5) is 0 Å². The number of nitrogens with zero attached hydrogens (tertiary/aromatic N) is 1. The van der Waals surface area contributed by atoms with Gasteiger partial charge in [-0.3, -0.25) is 4.99 Å². The molecule has 1 aliphatic carbocycles. The van der Waals surface area contributed by atoms with Gasteiger partial charge in [0, 0.05) is 18.3 Å². The first kappa shape index (κ1) is 14.0. The van der Waals surface area contributed by atoms with E-state index >= 15 is 0 Å². The van der Waals surface area contributed by atoms with Crippen LogP contribution in [-0.2, 0) is 6.42 Å². The summed E-state index contributed by atoms with van der Waals surface area (Å²) >= 11 is 1.89. The third-order valence-corrected chi connectivity index (χ3v) is 5.43. The summed E-state index contributed by atoms with van der Waals surface area (Å²) in [5.74, 6) is 2.10. The summed E-state index contributed by atoms with van der Waals surface area (Å²) in [6.45, 7) is 1.01. The molecule has 2 nitrogen and oxygen atoms in total. The lowest BCUT2D eigenvalue weighted by Crippen LogP contribution is -2.29. The van der Waals surface area contributed by atoms with Gasteiger partial charge in [-0.15, -0.1) is 0 Å². The van der Waals surface area contributed by atoms with E-state index in [4.69, 9.17) is 4.99 Å². The van der Waals surface area contributed by atoms with Crippen molar-refractivity contribution in [3.05, 3.63) is 35.9 Å². The first-order valence-corrected chi connectivity index (χ1v) is 8.86. The van der Waals surface area contributed by atoms with Crippen LogP contribution in [0.25, 0.3) is 0 Å². The molecule has 1 saturated carbocycles. The Morgan fingerprint density at radius 2 is 1.95 bits per heavy atom. The fourth-order valence-corrected chi connectivity index (χ4v) is 4.18. The summed E-state index contributed by atoms with van der Waals surface area (Å²) in [5, 5.41) is 4.75. The number of rotatable bonds is 5. The molecule has 1 heterocycles. The monoisotopic (exact) mass is 288 g/mol. The summed E-state index contributed by atoms with van der Waals surface area (Å²) in [6.07, 6.45) is 8.13. The van der Waals surface area contributed by atoms with Crippen LogP contribution in [0, 0.1) is 5.92 Å². The van der Waals surface area contributed by atoms with Crippen LogP contribution < -0.4 is 5.32 Å². The molecule has 1 N–H and O–H groups in total. The standard InChI is InChI=1S/C17H24N2S/c1-2-8-15(9-3-1)12-16-13-20-17(19-16)18-11-10-14-6-4-5-7-14/h1-3,8-9,14,16H,4-7,10-13H2,(H,18,19). The van der Waals surface area contributed by atoms with Crippen molar-refractivity contribution in [2.24, 2.45) is 10.9 Å². The van der Waals surface area contributed by atoms with Crippen LogP contribution in [0.5, 0.6) is 0 Å². The first-order chi connectivity index (χ1) is 9.90. The van der Waals surface area contributed by atoms with Crippen LogP contribution in [0.3, 0.4) is 0 Å². The molecule has 1 aliphatic heterocycles.